The molecule has 3 N–H and O–H groups in total. The van der Waals surface area contributed by atoms with Gasteiger partial charge in [-0.2, -0.15) is 0 Å². The number of likely N-dealkylation sites (tertiary alicyclic amines) is 1. The third-order valence-corrected chi connectivity index (χ3v) is 9.88. The molecule has 3 fully saturated rings. The number of nitrogens with zero attached hydrogens (tertiary/aromatic N) is 3. The molecule has 0 spiro atoms. The Morgan fingerprint density at radius 2 is 1.82 bits per heavy atom. The monoisotopic (exact) mass is 711 g/mol. The molecular weight excluding hydrogens is 650 g/mol. The Labute approximate surface area is 297 Å². The number of aliphatic hydroxyl groups excluding tert-OH is 1. The maximum Gasteiger partial charge on any atom is 0.409 e. The summed E-state index contributed by atoms with van der Waals surface area (Å²) in [4.78, 5) is 21.7. The molecule has 4 rings (SSSR count). The lowest BCUT2D eigenvalue weighted by Gasteiger charge is -2.46. The number of morpholine rings is 1. The van der Waals surface area contributed by atoms with Crippen molar-refractivity contribution in [3.8, 4) is 0 Å². The van der Waals surface area contributed by atoms with E-state index in [9.17, 15) is 9.90 Å². The average Bonchev–Trinajstić information content (AvgIpc) is 3.11. The highest BCUT2D eigenvalue weighted by molar-refractivity contribution is 5.68. The third-order valence-electron chi connectivity index (χ3n) is 9.88. The zero-order valence-corrected chi connectivity index (χ0v) is 30.2. The lowest BCUT2D eigenvalue weighted by atomic mass is 9.82. The van der Waals surface area contributed by atoms with Crippen molar-refractivity contribution in [2.24, 2.45) is 11.8 Å². The summed E-state index contributed by atoms with van der Waals surface area (Å²) in [7, 11) is 1.74. The Bertz CT molecular complexity index is 1080. The summed E-state index contributed by atoms with van der Waals surface area (Å²) >= 11 is 0. The van der Waals surface area contributed by atoms with Crippen LogP contribution in [0.1, 0.15) is 69.4 Å². The zero-order chi connectivity index (χ0) is 35.7. The van der Waals surface area contributed by atoms with Gasteiger partial charge in [0.2, 0.25) is 0 Å². The molecule has 1 aromatic carbocycles. The van der Waals surface area contributed by atoms with Crippen LogP contribution in [0.2, 0.25) is 0 Å². The number of carbonyl (C=O) groups is 1. The van der Waals surface area contributed by atoms with E-state index in [1.807, 2.05) is 31.2 Å². The summed E-state index contributed by atoms with van der Waals surface area (Å²) in [6.45, 7) is 11.1. The SMILES string of the molecule is CCOCC(C)COCc1ccc(C2C(O)CN(C(=O)OCCCCON(O)O)CC2OCC2CCC3OCCN(CCCOC)C3C2)cc1. The lowest BCUT2D eigenvalue weighted by molar-refractivity contribution is -0.492. The Morgan fingerprint density at radius 1 is 1.04 bits per heavy atom. The number of hydrogen-bond acceptors (Lipinski definition) is 13. The first-order chi connectivity index (χ1) is 24.3. The minimum absolute atomic E-state index is 0.0718. The number of unbranched alkanes of at least 4 members (excludes halogenated alkanes) is 1. The first-order valence-corrected chi connectivity index (χ1v) is 18.4. The third kappa shape index (κ3) is 13.2. The molecular formula is C36H61N3O11. The Balaban J connectivity index is 1.37. The number of fused-ring (bicyclic) bond motifs is 1. The van der Waals surface area contributed by atoms with Crippen LogP contribution >= 0.6 is 0 Å². The van der Waals surface area contributed by atoms with Gasteiger partial charge >= 0.3 is 6.09 Å². The van der Waals surface area contributed by atoms with E-state index in [1.54, 1.807) is 7.11 Å². The van der Waals surface area contributed by atoms with Gasteiger partial charge < -0.3 is 38.4 Å². The van der Waals surface area contributed by atoms with Crippen molar-refractivity contribution in [2.75, 3.05) is 86.1 Å². The topological polar surface area (TPSA) is 152 Å². The Kier molecular flexibility index (Phi) is 18.1. The molecule has 7 unspecified atom stereocenters. The molecule has 1 saturated carbocycles. The Morgan fingerprint density at radius 3 is 2.58 bits per heavy atom. The van der Waals surface area contributed by atoms with Crippen LogP contribution in [0.3, 0.4) is 0 Å². The minimum Gasteiger partial charge on any atom is -0.449 e. The predicted molar refractivity (Wildman–Crippen MR) is 183 cm³/mol. The van der Waals surface area contributed by atoms with E-state index in [-0.39, 0.29) is 37.2 Å². The fourth-order valence-electron chi connectivity index (χ4n) is 7.29. The van der Waals surface area contributed by atoms with Crippen molar-refractivity contribution in [3.63, 3.8) is 0 Å². The van der Waals surface area contributed by atoms with Crippen LogP contribution in [-0.2, 0) is 39.9 Å². The molecule has 286 valence electrons. The molecule has 1 aliphatic carbocycles. The number of hydrogen-bond donors (Lipinski definition) is 3. The number of amides is 1. The number of benzene rings is 1. The summed E-state index contributed by atoms with van der Waals surface area (Å²) in [6, 6.07) is 8.48. The van der Waals surface area contributed by atoms with E-state index < -0.39 is 18.3 Å². The molecule has 0 radical (unpaired) electrons. The van der Waals surface area contributed by atoms with Gasteiger partial charge in [0.05, 0.1) is 76.4 Å². The molecule has 3 aliphatic rings. The minimum atomic E-state index is -0.852. The van der Waals surface area contributed by atoms with Crippen molar-refractivity contribution in [1.29, 1.82) is 0 Å². The average molecular weight is 712 g/mol. The first kappa shape index (κ1) is 40.8. The van der Waals surface area contributed by atoms with Gasteiger partial charge in [0, 0.05) is 57.9 Å². The van der Waals surface area contributed by atoms with E-state index in [0.717, 1.165) is 63.1 Å². The second kappa shape index (κ2) is 22.2. The zero-order valence-electron chi connectivity index (χ0n) is 30.2. The van der Waals surface area contributed by atoms with E-state index in [0.29, 0.717) is 70.3 Å². The quantitative estimate of drug-likeness (QED) is 0.125. The number of carbonyl (C=O) groups excluding carboxylic acids is 1. The number of piperidine rings is 1. The summed E-state index contributed by atoms with van der Waals surface area (Å²) < 4.78 is 35.1. The predicted octanol–water partition coefficient (Wildman–Crippen LogP) is 3.86. The van der Waals surface area contributed by atoms with Gasteiger partial charge in [0.25, 0.3) is 0 Å². The van der Waals surface area contributed by atoms with Crippen LogP contribution in [0.5, 0.6) is 0 Å². The van der Waals surface area contributed by atoms with Gasteiger partial charge in [-0.1, -0.05) is 31.2 Å². The van der Waals surface area contributed by atoms with Crippen molar-refractivity contribution in [3.05, 3.63) is 35.4 Å². The van der Waals surface area contributed by atoms with Gasteiger partial charge in [-0.25, -0.2) is 4.79 Å². The molecule has 14 nitrogen and oxygen atoms in total. The number of rotatable bonds is 21. The highest BCUT2D eigenvalue weighted by Gasteiger charge is 2.42. The van der Waals surface area contributed by atoms with Gasteiger partial charge in [0.1, 0.15) is 0 Å². The number of methoxy groups -OCH3 is 1. The summed E-state index contributed by atoms with van der Waals surface area (Å²) in [5, 5.41) is 28.5. The maximum absolute atomic E-state index is 13.1. The van der Waals surface area contributed by atoms with Crippen LogP contribution in [0, 0.1) is 11.8 Å². The molecule has 2 saturated heterocycles. The van der Waals surface area contributed by atoms with Crippen molar-refractivity contribution < 1.29 is 53.6 Å². The van der Waals surface area contributed by atoms with Gasteiger partial charge in [0.15, 0.2) is 0 Å². The fraction of sp³-hybridized carbons (Fsp3) is 0.806. The van der Waals surface area contributed by atoms with E-state index in [4.69, 9.17) is 38.8 Å². The molecule has 0 aromatic heterocycles. The highest BCUT2D eigenvalue weighted by atomic mass is 17.1. The summed E-state index contributed by atoms with van der Waals surface area (Å²) in [5.74, 6) is 0.326. The number of ether oxygens (including phenoxy) is 6. The second-order valence-corrected chi connectivity index (χ2v) is 13.8. The van der Waals surface area contributed by atoms with Crippen LogP contribution < -0.4 is 0 Å². The van der Waals surface area contributed by atoms with Crippen molar-refractivity contribution >= 4 is 6.09 Å². The van der Waals surface area contributed by atoms with Crippen LogP contribution in [-0.4, -0.2) is 147 Å². The molecule has 1 aromatic rings. The lowest BCUT2D eigenvalue weighted by Crippen LogP contribution is -2.55. The molecule has 14 heteroatoms. The van der Waals surface area contributed by atoms with Crippen LogP contribution in [0.15, 0.2) is 24.3 Å². The van der Waals surface area contributed by atoms with Gasteiger partial charge in [-0.3, -0.25) is 20.2 Å². The molecule has 50 heavy (non-hydrogen) atoms. The fourth-order valence-corrected chi connectivity index (χ4v) is 7.29. The van der Waals surface area contributed by atoms with Crippen molar-refractivity contribution in [1.82, 2.24) is 15.2 Å². The van der Waals surface area contributed by atoms with E-state index in [1.165, 1.54) is 4.90 Å². The van der Waals surface area contributed by atoms with E-state index in [2.05, 4.69) is 16.7 Å². The summed E-state index contributed by atoms with van der Waals surface area (Å²) in [6.07, 6.45) is 3.36. The first-order valence-electron chi connectivity index (χ1n) is 18.4. The molecule has 7 atom stereocenters. The van der Waals surface area contributed by atoms with Gasteiger partial charge in [-0.05, 0) is 62.5 Å². The molecule has 2 heterocycles. The normalized spacial score (nSPS) is 26.6. The van der Waals surface area contributed by atoms with Crippen LogP contribution in [0.4, 0.5) is 4.79 Å². The maximum atomic E-state index is 13.1. The number of aliphatic hydroxyl groups is 1. The molecule has 0 bridgehead atoms. The summed E-state index contributed by atoms with van der Waals surface area (Å²) in [5.41, 5.74) is 2.00. The second-order valence-electron chi connectivity index (χ2n) is 13.8. The standard InChI is InChI=1S/C36H61N3O11/c1-4-45-23-27(2)24-46-25-28-8-11-30(12-9-28)35-32(40)21-38(36(41)48-17-5-6-18-50-39(42)43)22-34(35)49-26-29-10-13-33-31(20-29)37(15-19-47-33)14-7-16-44-3/h8-9,11-12,27,29,31-35,40,42-43H,4-7,10,13-26H2,1-3H3. The smallest absolute Gasteiger partial charge is 0.409 e. The Hall–Kier alpha value is -1.95. The van der Waals surface area contributed by atoms with Gasteiger partial charge in [-0.15, -0.1) is 0 Å². The van der Waals surface area contributed by atoms with Crippen molar-refractivity contribution in [2.45, 2.75) is 89.3 Å². The molecule has 1 amide bonds. The number of β-amino-alcohol motifs (C(OH)–C–C–N with tert-alkyl or cyclic N) is 1. The highest BCUT2D eigenvalue weighted by Crippen LogP contribution is 2.36. The largest absolute Gasteiger partial charge is 0.449 e. The van der Waals surface area contributed by atoms with E-state index >= 15 is 0 Å². The molecule has 2 aliphatic heterocycles. The van der Waals surface area contributed by atoms with Crippen LogP contribution in [0.25, 0.3) is 0 Å².